The van der Waals surface area contributed by atoms with E-state index < -0.39 is 5.82 Å². The van der Waals surface area contributed by atoms with Crippen molar-refractivity contribution in [3.8, 4) is 0 Å². The van der Waals surface area contributed by atoms with Crippen molar-refractivity contribution in [2.75, 3.05) is 11.1 Å². The molecule has 19 heavy (non-hydrogen) atoms. The Balaban J connectivity index is 2.07. The molecular weight excluding hydrogens is 294 g/mol. The number of nitrogens with two attached hydrogens (primary N) is 1. The summed E-state index contributed by atoms with van der Waals surface area (Å²) < 4.78 is 14.6. The molecule has 8 heteroatoms. The van der Waals surface area contributed by atoms with Crippen LogP contribution in [0, 0.1) is 5.82 Å². The van der Waals surface area contributed by atoms with Crippen LogP contribution < -0.4 is 11.1 Å². The fourth-order valence-corrected chi connectivity index (χ4v) is 1.93. The van der Waals surface area contributed by atoms with Crippen molar-refractivity contribution in [1.29, 1.82) is 0 Å². The van der Waals surface area contributed by atoms with Crippen LogP contribution in [0.2, 0.25) is 10.0 Å². The highest BCUT2D eigenvalue weighted by Gasteiger charge is 2.10. The number of benzene rings is 1. The van der Waals surface area contributed by atoms with E-state index in [4.69, 9.17) is 28.9 Å². The van der Waals surface area contributed by atoms with Crippen molar-refractivity contribution in [3.63, 3.8) is 0 Å². The first-order valence-corrected chi connectivity index (χ1v) is 5.94. The number of carbonyl (C=O) groups is 1. The quantitative estimate of drug-likeness (QED) is 0.856. The molecule has 1 aromatic heterocycles. The van der Waals surface area contributed by atoms with Crippen LogP contribution in [0.15, 0.2) is 24.4 Å². The molecular formula is C11H9Cl2FN4O. The molecule has 2 rings (SSSR count). The summed E-state index contributed by atoms with van der Waals surface area (Å²) >= 11 is 11.2. The van der Waals surface area contributed by atoms with Crippen molar-refractivity contribution < 1.29 is 9.18 Å². The van der Waals surface area contributed by atoms with E-state index in [2.05, 4.69) is 10.4 Å². The van der Waals surface area contributed by atoms with Gasteiger partial charge in [0.2, 0.25) is 5.91 Å². The highest BCUT2D eigenvalue weighted by molar-refractivity contribution is 6.35. The Labute approximate surface area is 118 Å². The Morgan fingerprint density at radius 1 is 1.42 bits per heavy atom. The molecule has 1 heterocycles. The Bertz CT molecular complexity index is 606. The van der Waals surface area contributed by atoms with Gasteiger partial charge in [-0.1, -0.05) is 23.2 Å². The fraction of sp³-hybridized carbons (Fsp3) is 0.0909. The molecule has 0 aliphatic rings. The van der Waals surface area contributed by atoms with Crippen molar-refractivity contribution in [2.45, 2.75) is 6.54 Å². The van der Waals surface area contributed by atoms with Gasteiger partial charge < -0.3 is 11.1 Å². The number of rotatable bonds is 3. The third kappa shape index (κ3) is 3.36. The van der Waals surface area contributed by atoms with E-state index in [-0.39, 0.29) is 22.5 Å². The average molecular weight is 303 g/mol. The van der Waals surface area contributed by atoms with Gasteiger partial charge in [0, 0.05) is 11.9 Å². The van der Waals surface area contributed by atoms with Crippen molar-refractivity contribution >= 4 is 40.6 Å². The summed E-state index contributed by atoms with van der Waals surface area (Å²) in [5, 5.41) is 6.07. The van der Waals surface area contributed by atoms with Gasteiger partial charge in [-0.3, -0.25) is 9.48 Å². The Hall–Kier alpha value is -1.79. The minimum absolute atomic E-state index is 0.0240. The maximum atomic E-state index is 13.2. The number of nitrogen functional groups attached to an aromatic ring is 1. The molecule has 0 spiro atoms. The van der Waals surface area contributed by atoms with E-state index in [1.54, 1.807) is 12.3 Å². The highest BCUT2D eigenvalue weighted by Crippen LogP contribution is 2.27. The highest BCUT2D eigenvalue weighted by atomic mass is 35.5. The summed E-state index contributed by atoms with van der Waals surface area (Å²) in [6.45, 7) is -0.0240. The van der Waals surface area contributed by atoms with Gasteiger partial charge in [0.1, 0.15) is 12.4 Å². The maximum absolute atomic E-state index is 13.2. The number of hydrogen-bond acceptors (Lipinski definition) is 3. The number of amides is 1. The van der Waals surface area contributed by atoms with Crippen LogP contribution in [0.5, 0.6) is 0 Å². The first-order chi connectivity index (χ1) is 8.95. The number of anilines is 2. The molecule has 0 saturated carbocycles. The second-order valence-electron chi connectivity index (χ2n) is 3.74. The third-order valence-corrected chi connectivity index (χ3v) is 2.78. The molecule has 2 aromatic rings. The smallest absolute Gasteiger partial charge is 0.246 e. The third-order valence-electron chi connectivity index (χ3n) is 2.23. The number of aromatic nitrogens is 2. The molecule has 100 valence electrons. The molecule has 0 aliphatic heterocycles. The van der Waals surface area contributed by atoms with Crippen LogP contribution in [0.4, 0.5) is 15.9 Å². The molecule has 1 aromatic carbocycles. The summed E-state index contributed by atoms with van der Waals surface area (Å²) in [5.41, 5.74) is 5.73. The zero-order chi connectivity index (χ0) is 14.0. The number of halogens is 3. The molecule has 0 aliphatic carbocycles. The number of hydrogen-bond donors (Lipinski definition) is 2. The van der Waals surface area contributed by atoms with Gasteiger partial charge in [-0.05, 0) is 18.2 Å². The van der Waals surface area contributed by atoms with Crippen LogP contribution in [0.25, 0.3) is 0 Å². The lowest BCUT2D eigenvalue weighted by atomic mass is 10.3. The lowest BCUT2D eigenvalue weighted by Gasteiger charge is -2.07. The minimum Gasteiger partial charge on any atom is -0.382 e. The summed E-state index contributed by atoms with van der Waals surface area (Å²) in [6.07, 6.45) is 1.57. The molecule has 5 nitrogen and oxygen atoms in total. The summed E-state index contributed by atoms with van der Waals surface area (Å²) in [5.74, 6) is -0.760. The van der Waals surface area contributed by atoms with E-state index in [0.29, 0.717) is 11.5 Å². The van der Waals surface area contributed by atoms with Crippen LogP contribution in [0.1, 0.15) is 0 Å². The van der Waals surface area contributed by atoms with Gasteiger partial charge in [0.15, 0.2) is 5.82 Å². The topological polar surface area (TPSA) is 72.9 Å². The number of nitrogens with zero attached hydrogens (tertiary/aromatic N) is 2. The van der Waals surface area contributed by atoms with Crippen molar-refractivity contribution in [2.24, 2.45) is 0 Å². The molecule has 3 N–H and O–H groups in total. The zero-order valence-corrected chi connectivity index (χ0v) is 11.0. The SMILES string of the molecule is Nc1ccn(CC(=O)Nc2cc(Cl)c(F)c(Cl)c2)n1. The molecule has 0 unspecified atom stereocenters. The molecule has 0 bridgehead atoms. The van der Waals surface area contributed by atoms with Gasteiger partial charge in [-0.25, -0.2) is 4.39 Å². The van der Waals surface area contributed by atoms with Gasteiger partial charge >= 0.3 is 0 Å². The molecule has 1 amide bonds. The fourth-order valence-electron chi connectivity index (χ4n) is 1.44. The molecule has 0 atom stereocenters. The van der Waals surface area contributed by atoms with Gasteiger partial charge in [-0.15, -0.1) is 0 Å². The van der Waals surface area contributed by atoms with Crippen LogP contribution in [0.3, 0.4) is 0 Å². The van der Waals surface area contributed by atoms with Gasteiger partial charge in [0.25, 0.3) is 0 Å². The summed E-state index contributed by atoms with van der Waals surface area (Å²) in [4.78, 5) is 11.7. The largest absolute Gasteiger partial charge is 0.382 e. The monoisotopic (exact) mass is 302 g/mol. The zero-order valence-electron chi connectivity index (χ0n) is 9.53. The first kappa shape index (κ1) is 13.6. The lowest BCUT2D eigenvalue weighted by Crippen LogP contribution is -2.19. The lowest BCUT2D eigenvalue weighted by molar-refractivity contribution is -0.116. The maximum Gasteiger partial charge on any atom is 0.246 e. The first-order valence-electron chi connectivity index (χ1n) is 5.19. The van der Waals surface area contributed by atoms with Gasteiger partial charge in [-0.2, -0.15) is 5.10 Å². The molecule has 0 saturated heterocycles. The summed E-state index contributed by atoms with van der Waals surface area (Å²) in [7, 11) is 0. The number of nitrogens with one attached hydrogen (secondary N) is 1. The normalized spacial score (nSPS) is 10.5. The van der Waals surface area contributed by atoms with E-state index >= 15 is 0 Å². The Kier molecular flexibility index (Phi) is 3.92. The molecule has 0 radical (unpaired) electrons. The predicted molar refractivity (Wildman–Crippen MR) is 71.7 cm³/mol. The van der Waals surface area contributed by atoms with E-state index in [9.17, 15) is 9.18 Å². The minimum atomic E-state index is -0.721. The van der Waals surface area contributed by atoms with Crippen molar-refractivity contribution in [1.82, 2.24) is 9.78 Å². The average Bonchev–Trinajstić information content (AvgIpc) is 2.71. The van der Waals surface area contributed by atoms with E-state index in [1.165, 1.54) is 16.8 Å². The second-order valence-corrected chi connectivity index (χ2v) is 4.55. The Morgan fingerprint density at radius 2 is 2.05 bits per heavy atom. The number of carbonyl (C=O) groups excluding carboxylic acids is 1. The van der Waals surface area contributed by atoms with Crippen molar-refractivity contribution in [3.05, 3.63) is 40.3 Å². The Morgan fingerprint density at radius 3 is 2.58 bits per heavy atom. The summed E-state index contributed by atoms with van der Waals surface area (Å²) in [6, 6.07) is 4.12. The van der Waals surface area contributed by atoms with Crippen LogP contribution >= 0.6 is 23.2 Å². The van der Waals surface area contributed by atoms with E-state index in [0.717, 1.165) is 0 Å². The van der Waals surface area contributed by atoms with Crippen LogP contribution in [-0.4, -0.2) is 15.7 Å². The standard InChI is InChI=1S/C11H9Cl2FN4O/c12-7-3-6(4-8(13)11(7)14)16-10(19)5-18-2-1-9(15)17-18/h1-4H,5H2,(H2,15,17)(H,16,19). The van der Waals surface area contributed by atoms with E-state index in [1.807, 2.05) is 0 Å². The van der Waals surface area contributed by atoms with Gasteiger partial charge in [0.05, 0.1) is 10.0 Å². The predicted octanol–water partition coefficient (Wildman–Crippen LogP) is 2.55. The molecule has 0 fully saturated rings. The second kappa shape index (κ2) is 5.46. The van der Waals surface area contributed by atoms with Crippen LogP contribution in [-0.2, 0) is 11.3 Å².